The largest absolute Gasteiger partial charge is 0.412 e. The SMILES string of the molecule is O=C(NCCc1cccc(Cl)c1)Oc1cnn(Cc2ccccc2)c1. The first-order valence-corrected chi connectivity index (χ1v) is 8.33. The van der Waals surface area contributed by atoms with Crippen LogP contribution in [0, 0.1) is 0 Å². The highest BCUT2D eigenvalue weighted by Gasteiger charge is 2.07. The molecule has 0 saturated carbocycles. The van der Waals surface area contributed by atoms with Gasteiger partial charge in [-0.1, -0.05) is 54.1 Å². The number of halogens is 1. The Balaban J connectivity index is 1.45. The average Bonchev–Trinajstić information content (AvgIpc) is 3.02. The van der Waals surface area contributed by atoms with Gasteiger partial charge in [0.2, 0.25) is 0 Å². The molecule has 6 heteroatoms. The second-order valence-electron chi connectivity index (χ2n) is 5.56. The number of ether oxygens (including phenoxy) is 1. The number of benzene rings is 2. The van der Waals surface area contributed by atoms with Gasteiger partial charge >= 0.3 is 6.09 Å². The molecular formula is C19H18ClN3O2. The molecule has 0 spiro atoms. The summed E-state index contributed by atoms with van der Waals surface area (Å²) in [5.41, 5.74) is 2.19. The molecule has 1 heterocycles. The van der Waals surface area contributed by atoms with Gasteiger partial charge in [0.15, 0.2) is 5.75 Å². The van der Waals surface area contributed by atoms with Crippen LogP contribution in [-0.4, -0.2) is 22.4 Å². The number of carbonyl (C=O) groups is 1. The smallest absolute Gasteiger partial charge is 0.407 e. The first-order valence-electron chi connectivity index (χ1n) is 7.95. The number of nitrogens with zero attached hydrogens (tertiary/aromatic N) is 2. The number of hydrogen-bond acceptors (Lipinski definition) is 3. The zero-order valence-electron chi connectivity index (χ0n) is 13.6. The predicted molar refractivity (Wildman–Crippen MR) is 97.0 cm³/mol. The Morgan fingerprint density at radius 2 is 1.92 bits per heavy atom. The van der Waals surface area contributed by atoms with Crippen molar-refractivity contribution in [2.75, 3.05) is 6.54 Å². The summed E-state index contributed by atoms with van der Waals surface area (Å²) in [4.78, 5) is 11.8. The molecule has 1 amide bonds. The number of amides is 1. The summed E-state index contributed by atoms with van der Waals surface area (Å²) >= 11 is 5.93. The first kappa shape index (κ1) is 17.0. The van der Waals surface area contributed by atoms with Crippen LogP contribution in [-0.2, 0) is 13.0 Å². The van der Waals surface area contributed by atoms with Crippen molar-refractivity contribution in [3.05, 3.63) is 83.1 Å². The summed E-state index contributed by atoms with van der Waals surface area (Å²) in [7, 11) is 0. The highest BCUT2D eigenvalue weighted by atomic mass is 35.5. The monoisotopic (exact) mass is 355 g/mol. The van der Waals surface area contributed by atoms with Gasteiger partial charge in [0.1, 0.15) is 0 Å². The van der Waals surface area contributed by atoms with Gasteiger partial charge in [0.05, 0.1) is 18.9 Å². The van der Waals surface area contributed by atoms with E-state index in [1.165, 1.54) is 6.20 Å². The van der Waals surface area contributed by atoms with E-state index in [0.717, 1.165) is 11.1 Å². The molecule has 0 aliphatic carbocycles. The lowest BCUT2D eigenvalue weighted by molar-refractivity contribution is 0.200. The number of rotatable bonds is 6. The molecule has 1 aromatic heterocycles. The molecule has 3 aromatic rings. The fraction of sp³-hybridized carbons (Fsp3) is 0.158. The highest BCUT2D eigenvalue weighted by molar-refractivity contribution is 6.30. The normalized spacial score (nSPS) is 10.4. The molecular weight excluding hydrogens is 338 g/mol. The van der Waals surface area contributed by atoms with E-state index in [-0.39, 0.29) is 0 Å². The quantitative estimate of drug-likeness (QED) is 0.729. The third-order valence-corrected chi connectivity index (χ3v) is 3.81. The topological polar surface area (TPSA) is 56.1 Å². The third-order valence-electron chi connectivity index (χ3n) is 3.58. The summed E-state index contributed by atoms with van der Waals surface area (Å²) in [6.45, 7) is 1.10. The van der Waals surface area contributed by atoms with Crippen LogP contribution in [0.1, 0.15) is 11.1 Å². The zero-order chi connectivity index (χ0) is 17.5. The van der Waals surface area contributed by atoms with Crippen molar-refractivity contribution in [3.8, 4) is 5.75 Å². The van der Waals surface area contributed by atoms with Crippen LogP contribution >= 0.6 is 11.6 Å². The van der Waals surface area contributed by atoms with Crippen LogP contribution in [0.4, 0.5) is 4.79 Å². The predicted octanol–water partition coefficient (Wildman–Crippen LogP) is 3.92. The number of nitrogens with one attached hydrogen (secondary N) is 1. The Morgan fingerprint density at radius 3 is 2.72 bits per heavy atom. The van der Waals surface area contributed by atoms with Crippen LogP contribution in [0.25, 0.3) is 0 Å². The Bertz CT molecular complexity index is 833. The van der Waals surface area contributed by atoms with E-state index in [2.05, 4.69) is 10.4 Å². The van der Waals surface area contributed by atoms with Crippen LogP contribution < -0.4 is 10.1 Å². The van der Waals surface area contributed by atoms with Crippen molar-refractivity contribution in [2.24, 2.45) is 0 Å². The van der Waals surface area contributed by atoms with Crippen molar-refractivity contribution < 1.29 is 9.53 Å². The van der Waals surface area contributed by atoms with Gasteiger partial charge in [-0.05, 0) is 29.7 Å². The number of aromatic nitrogens is 2. The number of carbonyl (C=O) groups excluding carboxylic acids is 1. The van der Waals surface area contributed by atoms with Crippen LogP contribution in [0.15, 0.2) is 67.0 Å². The Labute approximate surface area is 151 Å². The summed E-state index contributed by atoms with van der Waals surface area (Å²) in [5, 5.41) is 7.60. The molecule has 0 radical (unpaired) electrons. The second kappa shape index (κ2) is 8.35. The standard InChI is InChI=1S/C19H18ClN3O2/c20-17-8-4-7-15(11-17)9-10-21-19(24)25-18-12-22-23(14-18)13-16-5-2-1-3-6-16/h1-8,11-12,14H,9-10,13H2,(H,21,24). The molecule has 128 valence electrons. The van der Waals surface area contributed by atoms with Crippen LogP contribution in [0.3, 0.4) is 0 Å². The van der Waals surface area contributed by atoms with Gasteiger partial charge in [-0.3, -0.25) is 4.68 Å². The van der Waals surface area contributed by atoms with Crippen LogP contribution in [0.2, 0.25) is 5.02 Å². The van der Waals surface area contributed by atoms with E-state index in [0.29, 0.717) is 30.3 Å². The van der Waals surface area contributed by atoms with E-state index in [4.69, 9.17) is 16.3 Å². The van der Waals surface area contributed by atoms with E-state index >= 15 is 0 Å². The Kier molecular flexibility index (Phi) is 5.69. The molecule has 5 nitrogen and oxygen atoms in total. The van der Waals surface area contributed by atoms with Crippen molar-refractivity contribution in [2.45, 2.75) is 13.0 Å². The molecule has 0 atom stereocenters. The molecule has 0 fully saturated rings. The molecule has 1 N–H and O–H groups in total. The average molecular weight is 356 g/mol. The van der Waals surface area contributed by atoms with Crippen molar-refractivity contribution in [3.63, 3.8) is 0 Å². The molecule has 0 aliphatic heterocycles. The van der Waals surface area contributed by atoms with Crippen molar-refractivity contribution in [1.82, 2.24) is 15.1 Å². The minimum atomic E-state index is -0.499. The van der Waals surface area contributed by atoms with Gasteiger partial charge in [0, 0.05) is 11.6 Å². The Hall–Kier alpha value is -2.79. The zero-order valence-corrected chi connectivity index (χ0v) is 14.3. The summed E-state index contributed by atoms with van der Waals surface area (Å²) in [6.07, 6.45) is 3.41. The highest BCUT2D eigenvalue weighted by Crippen LogP contribution is 2.12. The molecule has 3 rings (SSSR count). The van der Waals surface area contributed by atoms with Gasteiger partial charge in [-0.2, -0.15) is 5.10 Å². The van der Waals surface area contributed by atoms with Gasteiger partial charge in [0.25, 0.3) is 0 Å². The fourth-order valence-electron chi connectivity index (χ4n) is 2.40. The molecule has 2 aromatic carbocycles. The molecule has 0 unspecified atom stereocenters. The Morgan fingerprint density at radius 1 is 1.12 bits per heavy atom. The van der Waals surface area contributed by atoms with Crippen LogP contribution in [0.5, 0.6) is 5.75 Å². The number of hydrogen-bond donors (Lipinski definition) is 1. The lowest BCUT2D eigenvalue weighted by Gasteiger charge is -2.05. The van der Waals surface area contributed by atoms with Gasteiger partial charge in [-0.25, -0.2) is 4.79 Å². The van der Waals surface area contributed by atoms with E-state index in [9.17, 15) is 4.79 Å². The summed E-state index contributed by atoms with van der Waals surface area (Å²) < 4.78 is 6.96. The maximum Gasteiger partial charge on any atom is 0.412 e. The molecule has 0 bridgehead atoms. The summed E-state index contributed by atoms with van der Waals surface area (Å²) in [5.74, 6) is 0.413. The van der Waals surface area contributed by atoms with Gasteiger partial charge in [-0.15, -0.1) is 0 Å². The maximum absolute atomic E-state index is 11.8. The minimum absolute atomic E-state index is 0.413. The third kappa shape index (κ3) is 5.36. The first-order chi connectivity index (χ1) is 12.2. The lowest BCUT2D eigenvalue weighted by Crippen LogP contribution is -2.28. The molecule has 0 saturated heterocycles. The van der Waals surface area contributed by atoms with Crippen molar-refractivity contribution >= 4 is 17.7 Å². The van der Waals surface area contributed by atoms with E-state index in [1.807, 2.05) is 54.6 Å². The van der Waals surface area contributed by atoms with Gasteiger partial charge < -0.3 is 10.1 Å². The lowest BCUT2D eigenvalue weighted by atomic mass is 10.1. The maximum atomic E-state index is 11.8. The molecule has 25 heavy (non-hydrogen) atoms. The minimum Gasteiger partial charge on any atom is -0.407 e. The fourth-order valence-corrected chi connectivity index (χ4v) is 2.61. The van der Waals surface area contributed by atoms with Crippen molar-refractivity contribution in [1.29, 1.82) is 0 Å². The van der Waals surface area contributed by atoms with E-state index in [1.54, 1.807) is 10.9 Å². The molecule has 0 aliphatic rings. The second-order valence-corrected chi connectivity index (χ2v) is 5.99. The summed E-state index contributed by atoms with van der Waals surface area (Å²) in [6, 6.07) is 17.5. The van der Waals surface area contributed by atoms with E-state index < -0.39 is 6.09 Å².